The third-order valence-electron chi connectivity index (χ3n) is 2.71. The van der Waals surface area contributed by atoms with Crippen molar-refractivity contribution in [2.45, 2.75) is 26.8 Å². The summed E-state index contributed by atoms with van der Waals surface area (Å²) < 4.78 is 5.10. The molecule has 0 aliphatic carbocycles. The number of anilines is 1. The highest BCUT2D eigenvalue weighted by molar-refractivity contribution is 5.95. The topological polar surface area (TPSA) is 64.3 Å². The molecule has 0 saturated heterocycles. The van der Waals surface area contributed by atoms with Crippen LogP contribution in [0.5, 0.6) is 5.75 Å². The molecule has 3 N–H and O–H groups in total. The Labute approximate surface area is 114 Å². The van der Waals surface area contributed by atoms with Crippen LogP contribution in [0.3, 0.4) is 0 Å². The first-order valence-electron chi connectivity index (χ1n) is 5.66. The van der Waals surface area contributed by atoms with Crippen molar-refractivity contribution in [2.75, 3.05) is 12.4 Å². The van der Waals surface area contributed by atoms with Gasteiger partial charge in [-0.15, -0.1) is 12.4 Å². The second-order valence-electron chi connectivity index (χ2n) is 4.44. The number of aryl methyl sites for hydroxylation is 1. The number of methoxy groups -OCH3 is 1. The molecule has 1 unspecified atom stereocenters. The van der Waals surface area contributed by atoms with E-state index in [4.69, 9.17) is 10.5 Å². The highest BCUT2D eigenvalue weighted by Gasteiger charge is 2.17. The summed E-state index contributed by atoms with van der Waals surface area (Å²) in [5.74, 6) is 0.732. The van der Waals surface area contributed by atoms with E-state index in [1.807, 2.05) is 39.0 Å². The molecular formula is C13H21ClN2O2. The molecule has 1 aromatic rings. The van der Waals surface area contributed by atoms with E-state index in [2.05, 4.69) is 5.32 Å². The Kier molecular flexibility index (Phi) is 6.73. The zero-order valence-corrected chi connectivity index (χ0v) is 12.0. The maximum absolute atomic E-state index is 11.8. The summed E-state index contributed by atoms with van der Waals surface area (Å²) >= 11 is 0. The van der Waals surface area contributed by atoms with Gasteiger partial charge in [-0.2, -0.15) is 0 Å². The molecule has 0 heterocycles. The summed E-state index contributed by atoms with van der Waals surface area (Å²) in [6.45, 7) is 5.76. The second kappa shape index (κ2) is 7.24. The summed E-state index contributed by atoms with van der Waals surface area (Å²) in [6, 6.07) is 5.01. The van der Waals surface area contributed by atoms with E-state index in [1.54, 1.807) is 7.11 Å². The summed E-state index contributed by atoms with van der Waals surface area (Å²) in [6.07, 6.45) is 0. The van der Waals surface area contributed by atoms with Crippen molar-refractivity contribution >= 4 is 24.0 Å². The van der Waals surface area contributed by atoms with Gasteiger partial charge in [0.25, 0.3) is 0 Å². The molecular weight excluding hydrogens is 252 g/mol. The first-order chi connectivity index (χ1) is 7.95. The third kappa shape index (κ3) is 4.20. The SMILES string of the molecule is COc1ccc(NC(=O)C(N)C(C)C)c(C)c1.Cl. The monoisotopic (exact) mass is 272 g/mol. The zero-order chi connectivity index (χ0) is 13.0. The number of nitrogens with one attached hydrogen (secondary N) is 1. The highest BCUT2D eigenvalue weighted by atomic mass is 35.5. The Morgan fingerprint density at radius 3 is 2.44 bits per heavy atom. The predicted octanol–water partition coefficient (Wildman–Crippen LogP) is 2.35. The van der Waals surface area contributed by atoms with Gasteiger partial charge < -0.3 is 15.8 Å². The van der Waals surface area contributed by atoms with Gasteiger partial charge >= 0.3 is 0 Å². The average Bonchev–Trinajstić information content (AvgIpc) is 2.30. The van der Waals surface area contributed by atoms with E-state index in [-0.39, 0.29) is 24.2 Å². The molecule has 0 fully saturated rings. The summed E-state index contributed by atoms with van der Waals surface area (Å²) in [7, 11) is 1.61. The lowest BCUT2D eigenvalue weighted by Crippen LogP contribution is -2.39. The molecule has 0 aliphatic rings. The Bertz CT molecular complexity index is 408. The number of ether oxygens (including phenoxy) is 1. The zero-order valence-electron chi connectivity index (χ0n) is 11.2. The van der Waals surface area contributed by atoms with Crippen LogP contribution in [0.1, 0.15) is 19.4 Å². The van der Waals surface area contributed by atoms with Gasteiger partial charge in [-0.25, -0.2) is 0 Å². The summed E-state index contributed by atoms with van der Waals surface area (Å²) in [5, 5.41) is 2.82. The Morgan fingerprint density at radius 2 is 2.00 bits per heavy atom. The number of benzene rings is 1. The van der Waals surface area contributed by atoms with E-state index in [1.165, 1.54) is 0 Å². The lowest BCUT2D eigenvalue weighted by Gasteiger charge is -2.16. The van der Waals surface area contributed by atoms with Crippen LogP contribution in [0, 0.1) is 12.8 Å². The van der Waals surface area contributed by atoms with Crippen LogP contribution in [0.15, 0.2) is 18.2 Å². The molecule has 5 heteroatoms. The molecule has 0 radical (unpaired) electrons. The van der Waals surface area contributed by atoms with Crippen LogP contribution >= 0.6 is 12.4 Å². The van der Waals surface area contributed by atoms with Crippen LogP contribution in [0.2, 0.25) is 0 Å². The summed E-state index contributed by atoms with van der Waals surface area (Å²) in [5.41, 5.74) is 7.50. The van der Waals surface area contributed by atoms with Crippen molar-refractivity contribution in [3.05, 3.63) is 23.8 Å². The van der Waals surface area contributed by atoms with Crippen molar-refractivity contribution < 1.29 is 9.53 Å². The molecule has 0 aliphatic heterocycles. The standard InChI is InChI=1S/C13H20N2O2.ClH/c1-8(2)12(14)13(16)15-11-6-5-10(17-4)7-9(11)3;/h5-8,12H,14H2,1-4H3,(H,15,16);1H. The number of hydrogen-bond donors (Lipinski definition) is 2. The first-order valence-corrected chi connectivity index (χ1v) is 5.66. The molecule has 0 aromatic heterocycles. The largest absolute Gasteiger partial charge is 0.497 e. The number of carbonyl (C=O) groups is 1. The van der Waals surface area contributed by atoms with Gasteiger partial charge in [-0.3, -0.25) is 4.79 Å². The van der Waals surface area contributed by atoms with Crippen LogP contribution in [-0.2, 0) is 4.79 Å². The highest BCUT2D eigenvalue weighted by Crippen LogP contribution is 2.21. The molecule has 4 nitrogen and oxygen atoms in total. The smallest absolute Gasteiger partial charge is 0.241 e. The van der Waals surface area contributed by atoms with Crippen LogP contribution < -0.4 is 15.8 Å². The van der Waals surface area contributed by atoms with Crippen LogP contribution in [0.4, 0.5) is 5.69 Å². The maximum atomic E-state index is 11.8. The molecule has 18 heavy (non-hydrogen) atoms. The molecule has 0 saturated carbocycles. The lowest BCUT2D eigenvalue weighted by molar-refractivity contribution is -0.118. The van der Waals surface area contributed by atoms with E-state index in [0.29, 0.717) is 0 Å². The number of carbonyl (C=O) groups excluding carboxylic acids is 1. The van der Waals surface area contributed by atoms with Crippen molar-refractivity contribution in [1.29, 1.82) is 0 Å². The molecule has 1 amide bonds. The summed E-state index contributed by atoms with van der Waals surface area (Å²) in [4.78, 5) is 11.8. The quantitative estimate of drug-likeness (QED) is 0.884. The number of hydrogen-bond acceptors (Lipinski definition) is 3. The molecule has 102 valence electrons. The second-order valence-corrected chi connectivity index (χ2v) is 4.44. The van der Waals surface area contributed by atoms with Gasteiger partial charge in [-0.1, -0.05) is 13.8 Å². The molecule has 0 spiro atoms. The number of nitrogens with two attached hydrogens (primary N) is 1. The van der Waals surface area contributed by atoms with Crippen LogP contribution in [0.25, 0.3) is 0 Å². The van der Waals surface area contributed by atoms with Gasteiger partial charge in [0, 0.05) is 5.69 Å². The van der Waals surface area contributed by atoms with Gasteiger partial charge in [0.2, 0.25) is 5.91 Å². The fourth-order valence-electron chi connectivity index (χ4n) is 1.42. The van der Waals surface area contributed by atoms with Gasteiger partial charge in [0.15, 0.2) is 0 Å². The average molecular weight is 273 g/mol. The lowest BCUT2D eigenvalue weighted by atomic mass is 10.0. The van der Waals surface area contributed by atoms with E-state index < -0.39 is 6.04 Å². The molecule has 1 atom stereocenters. The normalized spacial score (nSPS) is 11.7. The van der Waals surface area contributed by atoms with Crippen molar-refractivity contribution in [3.63, 3.8) is 0 Å². The fraction of sp³-hybridized carbons (Fsp3) is 0.462. The minimum absolute atomic E-state index is 0. The van der Waals surface area contributed by atoms with Gasteiger partial charge in [0.05, 0.1) is 13.2 Å². The molecule has 1 aromatic carbocycles. The number of halogens is 1. The van der Waals surface area contributed by atoms with Crippen molar-refractivity contribution in [2.24, 2.45) is 11.7 Å². The van der Waals surface area contributed by atoms with Crippen LogP contribution in [-0.4, -0.2) is 19.1 Å². The number of amides is 1. The fourth-order valence-corrected chi connectivity index (χ4v) is 1.42. The Hall–Kier alpha value is -1.26. The van der Waals surface area contributed by atoms with E-state index in [0.717, 1.165) is 17.0 Å². The Morgan fingerprint density at radius 1 is 1.39 bits per heavy atom. The van der Waals surface area contributed by atoms with Crippen molar-refractivity contribution in [3.8, 4) is 5.75 Å². The minimum Gasteiger partial charge on any atom is -0.497 e. The predicted molar refractivity (Wildman–Crippen MR) is 76.4 cm³/mol. The maximum Gasteiger partial charge on any atom is 0.241 e. The van der Waals surface area contributed by atoms with E-state index >= 15 is 0 Å². The minimum atomic E-state index is -0.489. The third-order valence-corrected chi connectivity index (χ3v) is 2.71. The van der Waals surface area contributed by atoms with Gasteiger partial charge in [0.1, 0.15) is 5.75 Å². The molecule has 1 rings (SSSR count). The Balaban J connectivity index is 0.00000289. The van der Waals surface area contributed by atoms with E-state index in [9.17, 15) is 4.79 Å². The van der Waals surface area contributed by atoms with Gasteiger partial charge in [-0.05, 0) is 36.6 Å². The van der Waals surface area contributed by atoms with Crippen molar-refractivity contribution in [1.82, 2.24) is 0 Å². The first kappa shape index (κ1) is 16.7. The number of rotatable bonds is 4. The molecule has 0 bridgehead atoms.